The molecule has 0 aliphatic rings. The maximum Gasteiger partial charge on any atom is 0.123 e. The molecular formula is C18H31NO. The van der Waals surface area contributed by atoms with Crippen LogP contribution in [0.5, 0.6) is 5.75 Å². The van der Waals surface area contributed by atoms with E-state index in [0.29, 0.717) is 0 Å². The van der Waals surface area contributed by atoms with Gasteiger partial charge in [0.05, 0.1) is 6.61 Å². The number of nitrogens with one attached hydrogen (secondary N) is 1. The summed E-state index contributed by atoms with van der Waals surface area (Å²) in [6.45, 7) is 9.38. The highest BCUT2D eigenvalue weighted by atomic mass is 16.5. The van der Waals surface area contributed by atoms with Gasteiger partial charge in [0.25, 0.3) is 0 Å². The van der Waals surface area contributed by atoms with E-state index in [1.165, 1.54) is 43.2 Å². The van der Waals surface area contributed by atoms with Crippen LogP contribution in [0, 0.1) is 6.92 Å². The topological polar surface area (TPSA) is 21.3 Å². The van der Waals surface area contributed by atoms with Gasteiger partial charge >= 0.3 is 0 Å². The van der Waals surface area contributed by atoms with Crippen molar-refractivity contribution in [3.8, 4) is 5.75 Å². The number of ether oxygens (including phenoxy) is 1. The minimum Gasteiger partial charge on any atom is -0.493 e. The summed E-state index contributed by atoms with van der Waals surface area (Å²) >= 11 is 0. The van der Waals surface area contributed by atoms with Gasteiger partial charge in [-0.15, -0.1) is 0 Å². The van der Waals surface area contributed by atoms with Crippen molar-refractivity contribution in [2.24, 2.45) is 0 Å². The minimum atomic E-state index is 0.841. The molecule has 1 N–H and O–H groups in total. The largest absolute Gasteiger partial charge is 0.493 e. The van der Waals surface area contributed by atoms with E-state index in [4.69, 9.17) is 4.74 Å². The van der Waals surface area contributed by atoms with Crippen LogP contribution in [-0.2, 0) is 6.54 Å². The summed E-state index contributed by atoms with van der Waals surface area (Å²) in [6.07, 6.45) is 7.58. The van der Waals surface area contributed by atoms with Crippen molar-refractivity contribution in [1.29, 1.82) is 0 Å². The van der Waals surface area contributed by atoms with Gasteiger partial charge in [-0.1, -0.05) is 57.2 Å². The first-order valence-corrected chi connectivity index (χ1v) is 8.21. The highest BCUT2D eigenvalue weighted by Gasteiger charge is 2.04. The lowest BCUT2D eigenvalue weighted by Gasteiger charge is -2.13. The average molecular weight is 277 g/mol. The molecule has 0 bridgehead atoms. The van der Waals surface area contributed by atoms with E-state index in [2.05, 4.69) is 44.3 Å². The van der Waals surface area contributed by atoms with Crippen LogP contribution in [0.3, 0.4) is 0 Å². The van der Waals surface area contributed by atoms with Gasteiger partial charge in [-0.25, -0.2) is 0 Å². The van der Waals surface area contributed by atoms with Gasteiger partial charge in [-0.2, -0.15) is 0 Å². The molecule has 1 aromatic carbocycles. The summed E-state index contributed by atoms with van der Waals surface area (Å²) in [5.74, 6) is 1.05. The monoisotopic (exact) mass is 277 g/mol. The Bertz CT molecular complexity index is 362. The Morgan fingerprint density at radius 1 is 1.00 bits per heavy atom. The normalized spacial score (nSPS) is 10.8. The molecule has 0 amide bonds. The maximum absolute atomic E-state index is 5.96. The van der Waals surface area contributed by atoms with Crippen LogP contribution >= 0.6 is 0 Å². The van der Waals surface area contributed by atoms with Gasteiger partial charge in [0.15, 0.2) is 0 Å². The molecule has 114 valence electrons. The third kappa shape index (κ3) is 6.95. The molecule has 0 atom stereocenters. The number of benzene rings is 1. The van der Waals surface area contributed by atoms with Crippen LogP contribution in [-0.4, -0.2) is 13.2 Å². The average Bonchev–Trinajstić information content (AvgIpc) is 2.45. The van der Waals surface area contributed by atoms with Crippen LogP contribution in [0.4, 0.5) is 0 Å². The first kappa shape index (κ1) is 17.0. The fraction of sp³-hybridized carbons (Fsp3) is 0.667. The zero-order valence-electron chi connectivity index (χ0n) is 13.5. The van der Waals surface area contributed by atoms with E-state index in [0.717, 1.165) is 31.9 Å². The number of rotatable bonds is 11. The Morgan fingerprint density at radius 3 is 2.55 bits per heavy atom. The predicted octanol–water partition coefficient (Wildman–Crippen LogP) is 4.84. The molecule has 0 aromatic heterocycles. The van der Waals surface area contributed by atoms with E-state index >= 15 is 0 Å². The molecule has 0 saturated carbocycles. The number of hydrogen-bond donors (Lipinski definition) is 1. The van der Waals surface area contributed by atoms with Crippen molar-refractivity contribution >= 4 is 0 Å². The van der Waals surface area contributed by atoms with Crippen LogP contribution in [0.15, 0.2) is 18.2 Å². The third-order valence-corrected chi connectivity index (χ3v) is 3.46. The van der Waals surface area contributed by atoms with Gasteiger partial charge in [0.2, 0.25) is 0 Å². The Labute approximate surface area is 124 Å². The molecule has 1 rings (SSSR count). The van der Waals surface area contributed by atoms with Crippen LogP contribution in [0.1, 0.15) is 63.5 Å². The summed E-state index contributed by atoms with van der Waals surface area (Å²) in [5, 5.41) is 3.46. The molecule has 2 heteroatoms. The lowest BCUT2D eigenvalue weighted by atomic mass is 10.1. The van der Waals surface area contributed by atoms with Crippen LogP contribution in [0.2, 0.25) is 0 Å². The Morgan fingerprint density at radius 2 is 1.80 bits per heavy atom. The molecule has 0 aliphatic heterocycles. The van der Waals surface area contributed by atoms with E-state index in [1.54, 1.807) is 0 Å². The van der Waals surface area contributed by atoms with E-state index in [-0.39, 0.29) is 0 Å². The molecule has 0 aliphatic carbocycles. The molecule has 20 heavy (non-hydrogen) atoms. The van der Waals surface area contributed by atoms with Gasteiger partial charge in [-0.3, -0.25) is 0 Å². The predicted molar refractivity (Wildman–Crippen MR) is 87.4 cm³/mol. The first-order valence-electron chi connectivity index (χ1n) is 8.21. The lowest BCUT2D eigenvalue weighted by Crippen LogP contribution is -2.15. The Balaban J connectivity index is 2.38. The second-order valence-electron chi connectivity index (χ2n) is 5.55. The number of aryl methyl sites for hydroxylation is 1. The molecule has 2 nitrogen and oxygen atoms in total. The molecular weight excluding hydrogens is 246 g/mol. The zero-order valence-corrected chi connectivity index (χ0v) is 13.5. The van der Waals surface area contributed by atoms with E-state index < -0.39 is 0 Å². The first-order chi connectivity index (χ1) is 9.77. The van der Waals surface area contributed by atoms with Crippen molar-refractivity contribution in [1.82, 2.24) is 5.32 Å². The van der Waals surface area contributed by atoms with Gasteiger partial charge in [-0.05, 0) is 32.4 Å². The fourth-order valence-corrected chi connectivity index (χ4v) is 2.27. The molecule has 1 aromatic rings. The van der Waals surface area contributed by atoms with E-state index in [1.807, 2.05) is 0 Å². The van der Waals surface area contributed by atoms with Crippen molar-refractivity contribution in [2.45, 2.75) is 65.8 Å². The maximum atomic E-state index is 5.96. The molecule has 0 unspecified atom stereocenters. The van der Waals surface area contributed by atoms with Crippen molar-refractivity contribution in [3.05, 3.63) is 29.3 Å². The molecule has 0 radical (unpaired) electrons. The van der Waals surface area contributed by atoms with Crippen molar-refractivity contribution in [2.75, 3.05) is 13.2 Å². The number of unbranched alkanes of at least 4 members (excludes halogenated alkanes) is 4. The molecule has 0 spiro atoms. The smallest absolute Gasteiger partial charge is 0.123 e. The highest BCUT2D eigenvalue weighted by Crippen LogP contribution is 2.20. The van der Waals surface area contributed by atoms with Gasteiger partial charge in [0.1, 0.15) is 5.75 Å². The third-order valence-electron chi connectivity index (χ3n) is 3.46. The second kappa shape index (κ2) is 10.7. The summed E-state index contributed by atoms with van der Waals surface area (Å²) in [7, 11) is 0. The summed E-state index contributed by atoms with van der Waals surface area (Å²) in [5.41, 5.74) is 2.58. The second-order valence-corrected chi connectivity index (χ2v) is 5.55. The minimum absolute atomic E-state index is 0.841. The lowest BCUT2D eigenvalue weighted by molar-refractivity contribution is 0.301. The quantitative estimate of drug-likeness (QED) is 0.584. The fourth-order valence-electron chi connectivity index (χ4n) is 2.27. The summed E-state index contributed by atoms with van der Waals surface area (Å²) in [4.78, 5) is 0. The van der Waals surface area contributed by atoms with Gasteiger partial charge < -0.3 is 10.1 Å². The Hall–Kier alpha value is -1.02. The zero-order chi connectivity index (χ0) is 14.6. The number of hydrogen-bond acceptors (Lipinski definition) is 2. The molecule has 0 heterocycles. The van der Waals surface area contributed by atoms with Crippen LogP contribution < -0.4 is 10.1 Å². The van der Waals surface area contributed by atoms with Crippen LogP contribution in [0.25, 0.3) is 0 Å². The SMILES string of the molecule is CCCCCCCOc1ccc(C)cc1CNCCC. The van der Waals surface area contributed by atoms with Crippen molar-refractivity contribution < 1.29 is 4.74 Å². The summed E-state index contributed by atoms with van der Waals surface area (Å²) < 4.78 is 5.96. The molecule has 0 saturated heterocycles. The van der Waals surface area contributed by atoms with Crippen molar-refractivity contribution in [3.63, 3.8) is 0 Å². The van der Waals surface area contributed by atoms with Gasteiger partial charge in [0, 0.05) is 12.1 Å². The summed E-state index contributed by atoms with van der Waals surface area (Å²) in [6, 6.07) is 6.48. The molecule has 0 fully saturated rings. The Kier molecular flexibility index (Phi) is 9.14. The van der Waals surface area contributed by atoms with E-state index in [9.17, 15) is 0 Å². The standard InChI is InChI=1S/C18H31NO/c1-4-6-7-8-9-13-20-18-11-10-16(3)14-17(18)15-19-12-5-2/h10-11,14,19H,4-9,12-13,15H2,1-3H3. The highest BCUT2D eigenvalue weighted by molar-refractivity contribution is 5.36.